The number of aryl methyl sites for hydroxylation is 1. The van der Waals surface area contributed by atoms with E-state index >= 15 is 0 Å². The molecule has 0 spiro atoms. The van der Waals surface area contributed by atoms with Crippen LogP contribution in [-0.2, 0) is 7.05 Å². The van der Waals surface area contributed by atoms with E-state index in [-0.39, 0.29) is 0 Å². The maximum absolute atomic E-state index is 11.2. The first kappa shape index (κ1) is 9.27. The Hall–Kier alpha value is -1.29. The summed E-state index contributed by atoms with van der Waals surface area (Å²) in [6, 6.07) is 5.59. The van der Waals surface area contributed by atoms with Crippen LogP contribution in [0.2, 0.25) is 0 Å². The molecule has 2 N–H and O–H groups in total. The van der Waals surface area contributed by atoms with Crippen LogP contribution < -0.4 is 5.73 Å². The Morgan fingerprint density at radius 1 is 1.50 bits per heavy atom. The van der Waals surface area contributed by atoms with Crippen LogP contribution in [0.4, 0.5) is 0 Å². The summed E-state index contributed by atoms with van der Waals surface area (Å²) in [4.78, 5) is 11.2. The average Bonchev–Trinajstić information content (AvgIpc) is 2.47. The van der Waals surface area contributed by atoms with E-state index in [1.54, 1.807) is 6.07 Å². The minimum Gasteiger partial charge on any atom is -0.366 e. The van der Waals surface area contributed by atoms with E-state index < -0.39 is 5.91 Å². The van der Waals surface area contributed by atoms with E-state index in [0.717, 1.165) is 15.4 Å². The van der Waals surface area contributed by atoms with E-state index in [4.69, 9.17) is 5.73 Å². The van der Waals surface area contributed by atoms with Crippen molar-refractivity contribution in [3.05, 3.63) is 34.4 Å². The molecule has 14 heavy (non-hydrogen) atoms. The van der Waals surface area contributed by atoms with Gasteiger partial charge in [-0.3, -0.25) is 4.79 Å². The Labute approximate surface area is 89.6 Å². The van der Waals surface area contributed by atoms with Crippen LogP contribution in [0.3, 0.4) is 0 Å². The van der Waals surface area contributed by atoms with Gasteiger partial charge in [0.05, 0.1) is 0 Å². The number of benzene rings is 1. The number of nitrogens with two attached hydrogens (primary N) is 1. The highest BCUT2D eigenvalue weighted by molar-refractivity contribution is 9.10. The number of carbonyl (C=O) groups is 1. The molecule has 72 valence electrons. The molecule has 0 fully saturated rings. The number of hydrogen-bond donors (Lipinski definition) is 1. The highest BCUT2D eigenvalue weighted by Crippen LogP contribution is 2.24. The maximum atomic E-state index is 11.2. The standard InChI is InChI=1S/C10H9BrN2O/c1-13-3-2-7-8(10(12)14)4-6(11)5-9(7)13/h2-5H,1H3,(H2,12,14). The second kappa shape index (κ2) is 3.13. The number of halogens is 1. The van der Waals surface area contributed by atoms with Crippen molar-refractivity contribution in [1.82, 2.24) is 4.57 Å². The zero-order valence-electron chi connectivity index (χ0n) is 7.62. The van der Waals surface area contributed by atoms with Crippen LogP contribution in [0.15, 0.2) is 28.9 Å². The molecular formula is C10H9BrN2O. The zero-order valence-corrected chi connectivity index (χ0v) is 9.21. The first-order valence-electron chi connectivity index (χ1n) is 4.14. The Balaban J connectivity index is 2.88. The third-order valence-electron chi connectivity index (χ3n) is 2.23. The van der Waals surface area contributed by atoms with Crippen LogP contribution in [0.5, 0.6) is 0 Å². The molecule has 0 unspecified atom stereocenters. The molecule has 1 amide bonds. The minimum absolute atomic E-state index is 0.400. The van der Waals surface area contributed by atoms with E-state index in [9.17, 15) is 4.79 Å². The van der Waals surface area contributed by atoms with Gasteiger partial charge >= 0.3 is 0 Å². The fourth-order valence-corrected chi connectivity index (χ4v) is 1.99. The van der Waals surface area contributed by atoms with Gasteiger partial charge in [0.2, 0.25) is 5.91 Å². The molecule has 0 aliphatic carbocycles. The molecule has 0 aliphatic rings. The zero-order chi connectivity index (χ0) is 10.3. The van der Waals surface area contributed by atoms with Crippen molar-refractivity contribution in [1.29, 1.82) is 0 Å². The van der Waals surface area contributed by atoms with Crippen molar-refractivity contribution in [2.24, 2.45) is 12.8 Å². The molecule has 0 saturated heterocycles. The largest absolute Gasteiger partial charge is 0.366 e. The number of aromatic nitrogens is 1. The molecule has 1 aromatic carbocycles. The van der Waals surface area contributed by atoms with Gasteiger partial charge in [-0.1, -0.05) is 15.9 Å². The van der Waals surface area contributed by atoms with E-state index in [2.05, 4.69) is 15.9 Å². The van der Waals surface area contributed by atoms with Crippen LogP contribution in [0.25, 0.3) is 10.9 Å². The number of hydrogen-bond acceptors (Lipinski definition) is 1. The highest BCUT2D eigenvalue weighted by Gasteiger charge is 2.09. The number of nitrogens with zero attached hydrogens (tertiary/aromatic N) is 1. The third kappa shape index (κ3) is 1.32. The summed E-state index contributed by atoms with van der Waals surface area (Å²) in [6.07, 6.45) is 1.91. The summed E-state index contributed by atoms with van der Waals surface area (Å²) >= 11 is 3.35. The van der Waals surface area contributed by atoms with Crippen molar-refractivity contribution < 1.29 is 4.79 Å². The summed E-state index contributed by atoms with van der Waals surface area (Å²) in [6.45, 7) is 0. The first-order valence-corrected chi connectivity index (χ1v) is 4.93. The van der Waals surface area contributed by atoms with Crippen LogP contribution in [0.1, 0.15) is 10.4 Å². The Bertz CT molecular complexity index is 516. The van der Waals surface area contributed by atoms with Gasteiger partial charge in [-0.05, 0) is 18.2 Å². The second-order valence-electron chi connectivity index (χ2n) is 3.18. The molecule has 0 bridgehead atoms. The smallest absolute Gasteiger partial charge is 0.249 e. The first-order chi connectivity index (χ1) is 6.59. The Morgan fingerprint density at radius 2 is 2.21 bits per heavy atom. The lowest BCUT2D eigenvalue weighted by Gasteiger charge is -2.01. The van der Waals surface area contributed by atoms with Crippen LogP contribution >= 0.6 is 15.9 Å². The summed E-state index contributed by atoms with van der Waals surface area (Å²) in [5, 5.41) is 0.892. The summed E-state index contributed by atoms with van der Waals surface area (Å²) < 4.78 is 2.81. The van der Waals surface area contributed by atoms with Crippen LogP contribution in [-0.4, -0.2) is 10.5 Å². The summed E-state index contributed by atoms with van der Waals surface area (Å²) in [5.41, 5.74) is 6.83. The van der Waals surface area contributed by atoms with Gasteiger partial charge in [0, 0.05) is 34.2 Å². The molecule has 0 atom stereocenters. The monoisotopic (exact) mass is 252 g/mol. The van der Waals surface area contributed by atoms with E-state index in [1.807, 2.05) is 29.9 Å². The van der Waals surface area contributed by atoms with Gasteiger partial charge in [0.25, 0.3) is 0 Å². The topological polar surface area (TPSA) is 48.0 Å². The number of primary amides is 1. The molecule has 2 rings (SSSR count). The van der Waals surface area contributed by atoms with Crippen molar-refractivity contribution in [2.45, 2.75) is 0 Å². The van der Waals surface area contributed by atoms with Crippen molar-refractivity contribution in [2.75, 3.05) is 0 Å². The number of amides is 1. The molecule has 3 nitrogen and oxygen atoms in total. The maximum Gasteiger partial charge on any atom is 0.249 e. The fourth-order valence-electron chi connectivity index (χ4n) is 1.54. The SMILES string of the molecule is Cn1ccc2c(C(N)=O)cc(Br)cc21. The van der Waals surface area contributed by atoms with E-state index in [0.29, 0.717) is 5.56 Å². The lowest BCUT2D eigenvalue weighted by Crippen LogP contribution is -2.11. The minimum atomic E-state index is -0.400. The van der Waals surface area contributed by atoms with Gasteiger partial charge in [0.1, 0.15) is 0 Å². The van der Waals surface area contributed by atoms with Gasteiger partial charge in [-0.15, -0.1) is 0 Å². The predicted molar refractivity (Wildman–Crippen MR) is 59.1 cm³/mol. The number of rotatable bonds is 1. The normalized spacial score (nSPS) is 10.7. The molecule has 0 radical (unpaired) electrons. The van der Waals surface area contributed by atoms with Gasteiger partial charge in [-0.25, -0.2) is 0 Å². The molecular weight excluding hydrogens is 244 g/mol. The molecule has 1 aromatic heterocycles. The van der Waals surface area contributed by atoms with E-state index in [1.165, 1.54) is 0 Å². The van der Waals surface area contributed by atoms with Crippen molar-refractivity contribution >= 4 is 32.7 Å². The highest BCUT2D eigenvalue weighted by atomic mass is 79.9. The lowest BCUT2D eigenvalue weighted by atomic mass is 10.1. The van der Waals surface area contributed by atoms with Crippen molar-refractivity contribution in [3.8, 4) is 0 Å². The molecule has 1 heterocycles. The van der Waals surface area contributed by atoms with Gasteiger partial charge < -0.3 is 10.3 Å². The number of carbonyl (C=O) groups excluding carboxylic acids is 1. The van der Waals surface area contributed by atoms with Gasteiger partial charge in [-0.2, -0.15) is 0 Å². The lowest BCUT2D eigenvalue weighted by molar-refractivity contribution is 0.100. The summed E-state index contributed by atoms with van der Waals surface area (Å²) in [7, 11) is 1.93. The average molecular weight is 253 g/mol. The Morgan fingerprint density at radius 3 is 2.86 bits per heavy atom. The molecule has 0 saturated carbocycles. The second-order valence-corrected chi connectivity index (χ2v) is 4.09. The van der Waals surface area contributed by atoms with Crippen LogP contribution in [0, 0.1) is 0 Å². The predicted octanol–water partition coefficient (Wildman–Crippen LogP) is 2.04. The third-order valence-corrected chi connectivity index (χ3v) is 2.69. The quantitative estimate of drug-likeness (QED) is 0.830. The molecule has 0 aliphatic heterocycles. The number of fused-ring (bicyclic) bond motifs is 1. The summed E-state index contributed by atoms with van der Waals surface area (Å²) in [5.74, 6) is -0.400. The Kier molecular flexibility index (Phi) is 2.07. The van der Waals surface area contributed by atoms with Crippen molar-refractivity contribution in [3.63, 3.8) is 0 Å². The van der Waals surface area contributed by atoms with Gasteiger partial charge in [0.15, 0.2) is 0 Å². The molecule has 4 heteroatoms. The fraction of sp³-hybridized carbons (Fsp3) is 0.100. The molecule has 2 aromatic rings.